The van der Waals surface area contributed by atoms with Gasteiger partial charge in [-0.3, -0.25) is 0 Å². The van der Waals surface area contributed by atoms with Crippen molar-refractivity contribution in [3.8, 4) is 5.75 Å². The fourth-order valence-corrected chi connectivity index (χ4v) is 1.51. The van der Waals surface area contributed by atoms with Gasteiger partial charge in [-0.05, 0) is 37.8 Å². The van der Waals surface area contributed by atoms with Gasteiger partial charge >= 0.3 is 0 Å². The highest BCUT2D eigenvalue weighted by Gasteiger charge is 2.04. The molecule has 0 saturated carbocycles. The first kappa shape index (κ1) is 10.1. The summed E-state index contributed by atoms with van der Waals surface area (Å²) in [7, 11) is 0. The molecule has 1 aromatic carbocycles. The topological polar surface area (TPSA) is 40.5 Å². The fraction of sp³-hybridized carbons (Fsp3) is 0.455. The van der Waals surface area contributed by atoms with Crippen LogP contribution in [0.2, 0.25) is 0 Å². The van der Waals surface area contributed by atoms with Crippen LogP contribution in [-0.2, 0) is 6.42 Å². The van der Waals surface area contributed by atoms with E-state index < -0.39 is 0 Å². The Morgan fingerprint density at radius 3 is 2.54 bits per heavy atom. The predicted octanol–water partition coefficient (Wildman–Crippen LogP) is 1.93. The van der Waals surface area contributed by atoms with Crippen LogP contribution in [0.1, 0.15) is 23.1 Å². The maximum atomic E-state index is 9.67. The molecule has 0 heterocycles. The van der Waals surface area contributed by atoms with E-state index in [-0.39, 0.29) is 6.61 Å². The normalized spacial score (nSPS) is 10.4. The molecule has 0 aromatic heterocycles. The minimum Gasteiger partial charge on any atom is -0.507 e. The number of hydrogen-bond donors (Lipinski definition) is 2. The lowest BCUT2D eigenvalue weighted by Gasteiger charge is -2.07. The highest BCUT2D eigenvalue weighted by Crippen LogP contribution is 2.24. The summed E-state index contributed by atoms with van der Waals surface area (Å²) < 4.78 is 0. The van der Waals surface area contributed by atoms with Crippen LogP contribution in [0, 0.1) is 13.8 Å². The minimum absolute atomic E-state index is 0.173. The molecule has 0 bridgehead atoms. The lowest BCUT2D eigenvalue weighted by molar-refractivity contribution is 0.288. The Morgan fingerprint density at radius 1 is 1.23 bits per heavy atom. The largest absolute Gasteiger partial charge is 0.507 e. The molecule has 0 radical (unpaired) electrons. The van der Waals surface area contributed by atoms with E-state index in [0.717, 1.165) is 23.1 Å². The van der Waals surface area contributed by atoms with E-state index in [1.807, 2.05) is 26.0 Å². The molecule has 2 nitrogen and oxygen atoms in total. The van der Waals surface area contributed by atoms with Gasteiger partial charge < -0.3 is 10.2 Å². The number of phenolic OH excluding ortho intramolecular Hbond substituents is 1. The van der Waals surface area contributed by atoms with Crippen molar-refractivity contribution >= 4 is 0 Å². The zero-order valence-corrected chi connectivity index (χ0v) is 8.17. The Bertz CT molecular complexity index is 292. The average molecular weight is 180 g/mol. The summed E-state index contributed by atoms with van der Waals surface area (Å²) in [6, 6.07) is 3.93. The molecule has 0 aliphatic carbocycles. The Morgan fingerprint density at radius 2 is 1.92 bits per heavy atom. The van der Waals surface area contributed by atoms with E-state index in [9.17, 15) is 5.11 Å². The van der Waals surface area contributed by atoms with Gasteiger partial charge in [0.05, 0.1) is 0 Å². The molecule has 2 heteroatoms. The summed E-state index contributed by atoms with van der Waals surface area (Å²) in [5.41, 5.74) is 3.00. The highest BCUT2D eigenvalue weighted by atomic mass is 16.3. The predicted molar refractivity (Wildman–Crippen MR) is 53.0 cm³/mol. The van der Waals surface area contributed by atoms with Crippen LogP contribution in [0.3, 0.4) is 0 Å². The summed E-state index contributed by atoms with van der Waals surface area (Å²) in [6.07, 6.45) is 1.45. The Balaban J connectivity index is 2.92. The number of aliphatic hydroxyl groups is 1. The minimum atomic E-state index is 0.173. The van der Waals surface area contributed by atoms with Gasteiger partial charge in [0.2, 0.25) is 0 Å². The summed E-state index contributed by atoms with van der Waals surface area (Å²) in [5.74, 6) is 0.374. The van der Waals surface area contributed by atoms with Crippen molar-refractivity contribution in [1.82, 2.24) is 0 Å². The quantitative estimate of drug-likeness (QED) is 0.746. The van der Waals surface area contributed by atoms with E-state index in [4.69, 9.17) is 5.11 Å². The molecule has 0 saturated heterocycles. The van der Waals surface area contributed by atoms with Gasteiger partial charge in [0.15, 0.2) is 0 Å². The van der Waals surface area contributed by atoms with Crippen molar-refractivity contribution in [3.63, 3.8) is 0 Å². The van der Waals surface area contributed by atoms with Crippen molar-refractivity contribution in [2.75, 3.05) is 6.61 Å². The van der Waals surface area contributed by atoms with Crippen molar-refractivity contribution < 1.29 is 10.2 Å². The van der Waals surface area contributed by atoms with Crippen molar-refractivity contribution in [3.05, 3.63) is 28.8 Å². The molecule has 72 valence electrons. The monoisotopic (exact) mass is 180 g/mol. The number of aliphatic hydroxyl groups excluding tert-OH is 1. The molecule has 0 spiro atoms. The first-order valence-corrected chi connectivity index (χ1v) is 4.55. The van der Waals surface area contributed by atoms with Crippen LogP contribution in [0.5, 0.6) is 5.75 Å². The molecule has 0 unspecified atom stereocenters. The molecule has 0 amide bonds. The molecule has 13 heavy (non-hydrogen) atoms. The third kappa shape index (κ3) is 2.46. The van der Waals surface area contributed by atoms with Gasteiger partial charge in [0, 0.05) is 6.61 Å². The van der Waals surface area contributed by atoms with Gasteiger partial charge in [-0.2, -0.15) is 0 Å². The lowest BCUT2D eigenvalue weighted by Crippen LogP contribution is -1.92. The summed E-state index contributed by atoms with van der Waals surface area (Å²) in [6.45, 7) is 4.08. The van der Waals surface area contributed by atoms with Crippen LogP contribution in [0.4, 0.5) is 0 Å². The SMILES string of the molecule is Cc1cc(C)c(O)c(CCCO)c1. The van der Waals surface area contributed by atoms with Crippen LogP contribution in [-0.4, -0.2) is 16.8 Å². The number of aryl methyl sites for hydroxylation is 3. The van der Waals surface area contributed by atoms with Gasteiger partial charge in [-0.15, -0.1) is 0 Å². The van der Waals surface area contributed by atoms with E-state index in [1.54, 1.807) is 0 Å². The Hall–Kier alpha value is -1.02. The van der Waals surface area contributed by atoms with Crippen LogP contribution in [0.15, 0.2) is 12.1 Å². The van der Waals surface area contributed by atoms with Crippen LogP contribution in [0.25, 0.3) is 0 Å². The molecule has 1 aromatic rings. The second kappa shape index (κ2) is 4.28. The smallest absolute Gasteiger partial charge is 0.121 e. The number of benzene rings is 1. The van der Waals surface area contributed by atoms with Crippen LogP contribution < -0.4 is 0 Å². The van der Waals surface area contributed by atoms with E-state index >= 15 is 0 Å². The Labute approximate surface area is 78.8 Å². The van der Waals surface area contributed by atoms with Gasteiger partial charge in [-0.25, -0.2) is 0 Å². The molecule has 2 N–H and O–H groups in total. The summed E-state index contributed by atoms with van der Waals surface area (Å²) in [4.78, 5) is 0. The standard InChI is InChI=1S/C11H16O2/c1-8-6-9(2)11(13)10(7-8)4-3-5-12/h6-7,12-13H,3-5H2,1-2H3. The van der Waals surface area contributed by atoms with Gasteiger partial charge in [-0.1, -0.05) is 17.7 Å². The number of rotatable bonds is 3. The molecule has 0 atom stereocenters. The third-order valence-corrected chi connectivity index (χ3v) is 2.13. The fourth-order valence-electron chi connectivity index (χ4n) is 1.51. The molecule has 0 aliphatic heterocycles. The molecule has 1 rings (SSSR count). The first-order valence-electron chi connectivity index (χ1n) is 4.55. The van der Waals surface area contributed by atoms with E-state index in [1.165, 1.54) is 0 Å². The van der Waals surface area contributed by atoms with E-state index in [0.29, 0.717) is 12.2 Å². The highest BCUT2D eigenvalue weighted by molar-refractivity contribution is 5.42. The maximum Gasteiger partial charge on any atom is 0.121 e. The van der Waals surface area contributed by atoms with Crippen LogP contribution >= 0.6 is 0 Å². The first-order chi connectivity index (χ1) is 6.15. The molecular weight excluding hydrogens is 164 g/mol. The van der Waals surface area contributed by atoms with Gasteiger partial charge in [0.1, 0.15) is 5.75 Å². The van der Waals surface area contributed by atoms with Crippen molar-refractivity contribution in [1.29, 1.82) is 0 Å². The molecular formula is C11H16O2. The number of phenols is 1. The molecule has 0 fully saturated rings. The average Bonchev–Trinajstić information content (AvgIpc) is 2.09. The second-order valence-electron chi connectivity index (χ2n) is 3.42. The third-order valence-electron chi connectivity index (χ3n) is 2.13. The maximum absolute atomic E-state index is 9.67. The Kier molecular flexibility index (Phi) is 3.32. The number of hydrogen-bond acceptors (Lipinski definition) is 2. The van der Waals surface area contributed by atoms with Crippen molar-refractivity contribution in [2.45, 2.75) is 26.7 Å². The van der Waals surface area contributed by atoms with E-state index in [2.05, 4.69) is 0 Å². The zero-order valence-electron chi connectivity index (χ0n) is 8.17. The van der Waals surface area contributed by atoms with Gasteiger partial charge in [0.25, 0.3) is 0 Å². The lowest BCUT2D eigenvalue weighted by atomic mass is 10.0. The van der Waals surface area contributed by atoms with Crippen molar-refractivity contribution in [2.24, 2.45) is 0 Å². The number of aromatic hydroxyl groups is 1. The summed E-state index contributed by atoms with van der Waals surface area (Å²) >= 11 is 0. The molecule has 0 aliphatic rings. The zero-order chi connectivity index (χ0) is 9.84. The second-order valence-corrected chi connectivity index (χ2v) is 3.42. The summed E-state index contributed by atoms with van der Waals surface area (Å²) in [5, 5.41) is 18.3.